The van der Waals surface area contributed by atoms with Crippen LogP contribution in [0.5, 0.6) is 0 Å². The molecule has 0 amide bonds. The molecule has 0 atom stereocenters. The van der Waals surface area contributed by atoms with Gasteiger partial charge in [-0.1, -0.05) is 32.6 Å². The van der Waals surface area contributed by atoms with Gasteiger partial charge >= 0.3 is 5.97 Å². The van der Waals surface area contributed by atoms with Crippen LogP contribution in [0.4, 0.5) is 0 Å². The van der Waals surface area contributed by atoms with Crippen LogP contribution in [0.2, 0.25) is 0 Å². The topological polar surface area (TPSA) is 50.7 Å². The second-order valence-corrected chi connectivity index (χ2v) is 3.51. The number of hydrogen-bond donors (Lipinski definition) is 1. The highest BCUT2D eigenvalue weighted by molar-refractivity contribution is 6.35. The summed E-state index contributed by atoms with van der Waals surface area (Å²) in [6, 6.07) is 0. The first kappa shape index (κ1) is 13.9. The first-order valence-electron chi connectivity index (χ1n) is 5.57. The predicted octanol–water partition coefficient (Wildman–Crippen LogP) is 2.10. The summed E-state index contributed by atoms with van der Waals surface area (Å²) in [5, 5.41) is 3.90. The first-order valence-corrected chi connectivity index (χ1v) is 5.57. The van der Waals surface area contributed by atoms with Gasteiger partial charge in [0.1, 0.15) is 5.71 Å². The molecule has 0 bridgehead atoms. The number of hydrazone groups is 1. The van der Waals surface area contributed by atoms with E-state index in [1.807, 2.05) is 0 Å². The van der Waals surface area contributed by atoms with E-state index in [-0.39, 0.29) is 5.97 Å². The van der Waals surface area contributed by atoms with Crippen LogP contribution in [0.25, 0.3) is 0 Å². The summed E-state index contributed by atoms with van der Waals surface area (Å²) < 4.78 is 4.51. The van der Waals surface area contributed by atoms with Gasteiger partial charge in [-0.2, -0.15) is 5.10 Å². The van der Waals surface area contributed by atoms with Crippen molar-refractivity contribution >= 4 is 11.7 Å². The number of esters is 1. The zero-order valence-corrected chi connectivity index (χ0v) is 10.0. The van der Waals surface area contributed by atoms with Crippen molar-refractivity contribution in [3.63, 3.8) is 0 Å². The van der Waals surface area contributed by atoms with E-state index in [9.17, 15) is 4.79 Å². The summed E-state index contributed by atoms with van der Waals surface area (Å²) >= 11 is 0. The first-order chi connectivity index (χ1) is 7.22. The monoisotopic (exact) mass is 214 g/mol. The van der Waals surface area contributed by atoms with Crippen LogP contribution in [-0.2, 0) is 9.53 Å². The predicted molar refractivity (Wildman–Crippen MR) is 61.9 cm³/mol. The highest BCUT2D eigenvalue weighted by atomic mass is 16.5. The molecule has 0 aliphatic heterocycles. The molecule has 0 aliphatic rings. The van der Waals surface area contributed by atoms with Gasteiger partial charge in [0.05, 0.1) is 7.11 Å². The number of methoxy groups -OCH3 is 1. The van der Waals surface area contributed by atoms with Crippen LogP contribution in [0, 0.1) is 0 Å². The van der Waals surface area contributed by atoms with E-state index in [0.717, 1.165) is 13.0 Å². The van der Waals surface area contributed by atoms with Crippen molar-refractivity contribution < 1.29 is 9.53 Å². The highest BCUT2D eigenvalue weighted by Crippen LogP contribution is 2.00. The van der Waals surface area contributed by atoms with Crippen LogP contribution in [0.3, 0.4) is 0 Å². The Labute approximate surface area is 92.1 Å². The lowest BCUT2D eigenvalue weighted by Gasteiger charge is -2.02. The Morgan fingerprint density at radius 3 is 2.53 bits per heavy atom. The van der Waals surface area contributed by atoms with Gasteiger partial charge in [0.2, 0.25) is 0 Å². The molecular weight excluding hydrogens is 192 g/mol. The van der Waals surface area contributed by atoms with E-state index in [1.54, 1.807) is 6.92 Å². The molecule has 15 heavy (non-hydrogen) atoms. The molecule has 0 saturated carbocycles. The largest absolute Gasteiger partial charge is 0.464 e. The molecule has 0 spiro atoms. The maximum Gasteiger partial charge on any atom is 0.353 e. The van der Waals surface area contributed by atoms with E-state index in [1.165, 1.54) is 32.8 Å². The van der Waals surface area contributed by atoms with Crippen LogP contribution >= 0.6 is 0 Å². The molecule has 0 unspecified atom stereocenters. The lowest BCUT2D eigenvalue weighted by molar-refractivity contribution is -0.132. The number of carbonyl (C=O) groups excluding carboxylic acids is 1. The fourth-order valence-electron chi connectivity index (χ4n) is 1.18. The van der Waals surface area contributed by atoms with Gasteiger partial charge in [-0.3, -0.25) is 0 Å². The average molecular weight is 214 g/mol. The third-order valence-electron chi connectivity index (χ3n) is 2.12. The molecule has 0 aliphatic carbocycles. The molecule has 1 N–H and O–H groups in total. The molecule has 0 radical (unpaired) electrons. The second kappa shape index (κ2) is 9.49. The molecule has 0 aromatic rings. The summed E-state index contributed by atoms with van der Waals surface area (Å²) in [5.74, 6) is -0.381. The molecule has 0 heterocycles. The Kier molecular flexibility index (Phi) is 8.82. The molecule has 0 aromatic carbocycles. The smallest absolute Gasteiger partial charge is 0.353 e. The molecule has 0 aromatic heterocycles. The quantitative estimate of drug-likeness (QED) is 0.291. The van der Waals surface area contributed by atoms with Gasteiger partial charge in [-0.05, 0) is 13.3 Å². The Morgan fingerprint density at radius 2 is 1.93 bits per heavy atom. The van der Waals surface area contributed by atoms with E-state index in [0.29, 0.717) is 5.71 Å². The van der Waals surface area contributed by atoms with Crippen LogP contribution < -0.4 is 5.43 Å². The van der Waals surface area contributed by atoms with Gasteiger partial charge in [-0.15, -0.1) is 0 Å². The number of rotatable bonds is 8. The highest BCUT2D eigenvalue weighted by Gasteiger charge is 2.03. The number of hydrogen-bond acceptors (Lipinski definition) is 4. The number of carbonyl (C=O) groups is 1. The van der Waals surface area contributed by atoms with Crippen LogP contribution in [-0.4, -0.2) is 25.3 Å². The van der Waals surface area contributed by atoms with Crippen LogP contribution in [0.15, 0.2) is 5.10 Å². The normalized spacial score (nSPS) is 11.3. The van der Waals surface area contributed by atoms with Gasteiger partial charge in [-0.25, -0.2) is 4.79 Å². The zero-order chi connectivity index (χ0) is 11.5. The van der Waals surface area contributed by atoms with Crippen molar-refractivity contribution in [2.24, 2.45) is 5.10 Å². The van der Waals surface area contributed by atoms with E-state index in [4.69, 9.17) is 0 Å². The lowest BCUT2D eigenvalue weighted by atomic mass is 10.2. The van der Waals surface area contributed by atoms with E-state index >= 15 is 0 Å². The van der Waals surface area contributed by atoms with Crippen molar-refractivity contribution in [1.29, 1.82) is 0 Å². The molecule has 0 fully saturated rings. The van der Waals surface area contributed by atoms with Crippen molar-refractivity contribution in [2.75, 3.05) is 13.7 Å². The van der Waals surface area contributed by atoms with Gasteiger partial charge in [0.15, 0.2) is 0 Å². The van der Waals surface area contributed by atoms with Gasteiger partial charge in [0, 0.05) is 6.54 Å². The van der Waals surface area contributed by atoms with Gasteiger partial charge in [0.25, 0.3) is 0 Å². The molecular formula is C11H22N2O2. The lowest BCUT2D eigenvalue weighted by Crippen LogP contribution is -2.17. The Bertz CT molecular complexity index is 203. The van der Waals surface area contributed by atoms with E-state index < -0.39 is 0 Å². The Morgan fingerprint density at radius 1 is 1.27 bits per heavy atom. The minimum Gasteiger partial charge on any atom is -0.464 e. The average Bonchev–Trinajstić information content (AvgIpc) is 2.26. The maximum absolute atomic E-state index is 10.9. The minimum atomic E-state index is -0.381. The van der Waals surface area contributed by atoms with Crippen molar-refractivity contribution in [3.8, 4) is 0 Å². The molecule has 0 rings (SSSR count). The maximum atomic E-state index is 10.9. The Balaban J connectivity index is 3.40. The van der Waals surface area contributed by atoms with Crippen molar-refractivity contribution in [2.45, 2.75) is 46.0 Å². The number of ether oxygens (including phenoxy) is 1. The summed E-state index contributed by atoms with van der Waals surface area (Å²) in [4.78, 5) is 10.9. The summed E-state index contributed by atoms with van der Waals surface area (Å²) in [7, 11) is 1.35. The molecule has 88 valence electrons. The number of nitrogens with one attached hydrogen (secondary N) is 1. The standard InChI is InChI=1S/C11H22N2O2/c1-4-5-6-7-8-9-12-13-10(2)11(14)15-3/h12H,4-9H2,1-3H3. The van der Waals surface area contributed by atoms with Crippen LogP contribution in [0.1, 0.15) is 46.0 Å². The zero-order valence-electron chi connectivity index (χ0n) is 10.0. The SMILES string of the molecule is CCCCCCCNN=C(C)C(=O)OC. The third kappa shape index (κ3) is 7.97. The fraction of sp³-hybridized carbons (Fsp3) is 0.818. The van der Waals surface area contributed by atoms with E-state index in [2.05, 4.69) is 22.2 Å². The summed E-state index contributed by atoms with van der Waals surface area (Å²) in [6.07, 6.45) is 6.14. The van der Waals surface area contributed by atoms with Crippen molar-refractivity contribution in [1.82, 2.24) is 5.43 Å². The summed E-state index contributed by atoms with van der Waals surface area (Å²) in [6.45, 7) is 4.65. The second-order valence-electron chi connectivity index (χ2n) is 3.51. The number of nitrogens with zero attached hydrogens (tertiary/aromatic N) is 1. The van der Waals surface area contributed by atoms with Crippen molar-refractivity contribution in [3.05, 3.63) is 0 Å². The van der Waals surface area contributed by atoms with Gasteiger partial charge < -0.3 is 10.2 Å². The molecule has 4 heteroatoms. The molecule has 0 saturated heterocycles. The minimum absolute atomic E-state index is 0.367. The Hall–Kier alpha value is -1.06. The third-order valence-corrected chi connectivity index (χ3v) is 2.12. The fourth-order valence-corrected chi connectivity index (χ4v) is 1.18. The molecule has 4 nitrogen and oxygen atoms in total. The number of unbranched alkanes of at least 4 members (excludes halogenated alkanes) is 4. The summed E-state index contributed by atoms with van der Waals surface area (Å²) in [5.41, 5.74) is 3.23.